The molecule has 0 aliphatic rings. The Morgan fingerprint density at radius 1 is 1.36 bits per heavy atom. The molecule has 22 heavy (non-hydrogen) atoms. The number of ether oxygens (including phenoxy) is 1. The zero-order valence-electron chi connectivity index (χ0n) is 11.9. The van der Waals surface area contributed by atoms with Crippen molar-refractivity contribution < 1.29 is 4.74 Å². The summed E-state index contributed by atoms with van der Waals surface area (Å²) in [5, 5.41) is 14.8. The van der Waals surface area contributed by atoms with Gasteiger partial charge in [0.1, 0.15) is 5.75 Å². The number of tetrazole rings is 1. The Hall–Kier alpha value is -2.19. The van der Waals surface area contributed by atoms with Gasteiger partial charge in [-0.3, -0.25) is 0 Å². The van der Waals surface area contributed by atoms with Crippen molar-refractivity contribution in [2.24, 2.45) is 0 Å². The lowest BCUT2D eigenvalue weighted by molar-refractivity contribution is 0.414. The molecule has 0 bridgehead atoms. The predicted octanol–water partition coefficient (Wildman–Crippen LogP) is 2.70. The second-order valence-electron chi connectivity index (χ2n) is 4.49. The Morgan fingerprint density at radius 3 is 2.86 bits per heavy atom. The first kappa shape index (κ1) is 14.7. The molecule has 3 rings (SSSR count). The number of anilines is 1. The first-order valence-electron chi connectivity index (χ1n) is 6.44. The molecule has 2 aromatic heterocycles. The fourth-order valence-corrected chi connectivity index (χ4v) is 2.87. The first-order chi connectivity index (χ1) is 10.7. The number of rotatable bonds is 5. The summed E-state index contributed by atoms with van der Waals surface area (Å²) in [6.45, 7) is 2.47. The maximum Gasteiger partial charge on any atom is 0.183 e. The lowest BCUT2D eigenvalue weighted by Crippen LogP contribution is -2.03. The van der Waals surface area contributed by atoms with Crippen LogP contribution in [0.1, 0.15) is 10.7 Å². The van der Waals surface area contributed by atoms with Gasteiger partial charge in [0, 0.05) is 28.9 Å². The van der Waals surface area contributed by atoms with Gasteiger partial charge >= 0.3 is 0 Å². The summed E-state index contributed by atoms with van der Waals surface area (Å²) in [5.41, 5.74) is 1.72. The predicted molar refractivity (Wildman–Crippen MR) is 84.9 cm³/mol. The molecular formula is C13H13ClN6OS. The molecule has 0 spiro atoms. The quantitative estimate of drug-likeness (QED) is 0.772. The van der Waals surface area contributed by atoms with Crippen LogP contribution in [0.4, 0.5) is 5.69 Å². The molecule has 2 heterocycles. The van der Waals surface area contributed by atoms with Gasteiger partial charge in [0.15, 0.2) is 10.3 Å². The summed E-state index contributed by atoms with van der Waals surface area (Å²) >= 11 is 7.28. The van der Waals surface area contributed by atoms with Gasteiger partial charge in [0.2, 0.25) is 0 Å². The minimum absolute atomic E-state index is 0.535. The SMILES string of the molecule is COc1cc(NCc2cnc(Cl)s2)cc(-n2nnnc2C)c1. The van der Waals surface area contributed by atoms with Crippen molar-refractivity contribution in [1.82, 2.24) is 25.2 Å². The molecule has 0 aliphatic heterocycles. The van der Waals surface area contributed by atoms with Gasteiger partial charge in [-0.1, -0.05) is 11.6 Å². The van der Waals surface area contributed by atoms with Gasteiger partial charge in [-0.25, -0.2) is 4.98 Å². The third kappa shape index (κ3) is 3.18. The Bertz CT molecular complexity index is 786. The van der Waals surface area contributed by atoms with Crippen molar-refractivity contribution in [1.29, 1.82) is 0 Å². The lowest BCUT2D eigenvalue weighted by atomic mass is 10.2. The molecule has 3 aromatic rings. The van der Waals surface area contributed by atoms with Crippen LogP contribution in [0.2, 0.25) is 4.47 Å². The van der Waals surface area contributed by atoms with Crippen LogP contribution < -0.4 is 10.1 Å². The third-order valence-corrected chi connectivity index (χ3v) is 4.10. The highest BCUT2D eigenvalue weighted by atomic mass is 35.5. The van der Waals surface area contributed by atoms with Gasteiger partial charge < -0.3 is 10.1 Å². The van der Waals surface area contributed by atoms with Crippen molar-refractivity contribution in [2.45, 2.75) is 13.5 Å². The number of hydrogen-bond donors (Lipinski definition) is 1. The zero-order chi connectivity index (χ0) is 15.5. The number of aryl methyl sites for hydroxylation is 1. The number of thiazole rings is 1. The van der Waals surface area contributed by atoms with E-state index >= 15 is 0 Å². The number of aromatic nitrogens is 5. The molecule has 1 aromatic carbocycles. The van der Waals surface area contributed by atoms with E-state index < -0.39 is 0 Å². The fourth-order valence-electron chi connectivity index (χ4n) is 1.95. The first-order valence-corrected chi connectivity index (χ1v) is 7.63. The van der Waals surface area contributed by atoms with E-state index in [0.717, 1.165) is 22.0 Å². The average molecular weight is 337 g/mol. The number of nitrogens with zero attached hydrogens (tertiary/aromatic N) is 5. The van der Waals surface area contributed by atoms with E-state index in [1.54, 1.807) is 18.0 Å². The number of halogens is 1. The summed E-state index contributed by atoms with van der Waals surface area (Å²) in [7, 11) is 1.62. The van der Waals surface area contributed by atoms with Crippen molar-refractivity contribution in [3.63, 3.8) is 0 Å². The highest BCUT2D eigenvalue weighted by molar-refractivity contribution is 7.15. The monoisotopic (exact) mass is 336 g/mol. The molecule has 0 aliphatic carbocycles. The Morgan fingerprint density at radius 2 is 2.23 bits per heavy atom. The molecule has 0 amide bonds. The van der Waals surface area contributed by atoms with Crippen LogP contribution in [-0.2, 0) is 6.54 Å². The van der Waals surface area contributed by atoms with Gasteiger partial charge in [-0.15, -0.1) is 16.4 Å². The number of nitrogens with one attached hydrogen (secondary N) is 1. The van der Waals surface area contributed by atoms with Crippen LogP contribution in [0, 0.1) is 6.92 Å². The van der Waals surface area contributed by atoms with Crippen LogP contribution in [-0.4, -0.2) is 32.3 Å². The van der Waals surface area contributed by atoms with E-state index in [2.05, 4.69) is 25.8 Å². The molecule has 0 saturated carbocycles. The van der Waals surface area contributed by atoms with E-state index in [9.17, 15) is 0 Å². The Labute approximate surface area is 135 Å². The number of methoxy groups -OCH3 is 1. The summed E-state index contributed by atoms with van der Waals surface area (Å²) < 4.78 is 7.52. The molecule has 0 radical (unpaired) electrons. The normalized spacial score (nSPS) is 10.7. The van der Waals surface area contributed by atoms with Crippen molar-refractivity contribution in [3.05, 3.63) is 39.6 Å². The Balaban J connectivity index is 1.86. The van der Waals surface area contributed by atoms with E-state index in [4.69, 9.17) is 16.3 Å². The van der Waals surface area contributed by atoms with E-state index in [-0.39, 0.29) is 0 Å². The van der Waals surface area contributed by atoms with E-state index in [1.165, 1.54) is 11.3 Å². The summed E-state index contributed by atoms with van der Waals surface area (Å²) in [4.78, 5) is 5.07. The lowest BCUT2D eigenvalue weighted by Gasteiger charge is -2.10. The van der Waals surface area contributed by atoms with Crippen LogP contribution >= 0.6 is 22.9 Å². The van der Waals surface area contributed by atoms with Crippen LogP contribution in [0.3, 0.4) is 0 Å². The summed E-state index contributed by atoms with van der Waals surface area (Å²) in [5.74, 6) is 1.42. The second kappa shape index (κ2) is 6.29. The smallest absolute Gasteiger partial charge is 0.183 e. The van der Waals surface area contributed by atoms with Crippen LogP contribution in [0.15, 0.2) is 24.4 Å². The van der Waals surface area contributed by atoms with E-state index in [0.29, 0.717) is 16.8 Å². The van der Waals surface area contributed by atoms with Crippen molar-refractivity contribution in [3.8, 4) is 11.4 Å². The van der Waals surface area contributed by atoms with E-state index in [1.807, 2.05) is 25.1 Å². The fraction of sp³-hybridized carbons (Fsp3) is 0.231. The third-order valence-electron chi connectivity index (χ3n) is 2.99. The molecule has 0 unspecified atom stereocenters. The molecule has 0 atom stereocenters. The molecule has 0 saturated heterocycles. The second-order valence-corrected chi connectivity index (χ2v) is 6.19. The van der Waals surface area contributed by atoms with Gasteiger partial charge in [0.25, 0.3) is 0 Å². The topological polar surface area (TPSA) is 77.8 Å². The molecule has 7 nitrogen and oxygen atoms in total. The van der Waals surface area contributed by atoms with Crippen LogP contribution in [0.5, 0.6) is 5.75 Å². The number of hydrogen-bond acceptors (Lipinski definition) is 7. The standard InChI is InChI=1S/C13H13ClN6OS/c1-8-17-18-19-20(8)10-3-9(4-11(5-10)21-2)15-6-12-7-16-13(14)22-12/h3-5,7,15H,6H2,1-2H3. The number of benzene rings is 1. The molecule has 114 valence electrons. The largest absolute Gasteiger partial charge is 0.497 e. The van der Waals surface area contributed by atoms with Crippen molar-refractivity contribution >= 4 is 28.6 Å². The minimum Gasteiger partial charge on any atom is -0.497 e. The maximum absolute atomic E-state index is 5.83. The Kier molecular flexibility index (Phi) is 4.21. The zero-order valence-corrected chi connectivity index (χ0v) is 13.5. The van der Waals surface area contributed by atoms with Crippen molar-refractivity contribution in [2.75, 3.05) is 12.4 Å². The highest BCUT2D eigenvalue weighted by Crippen LogP contribution is 2.25. The average Bonchev–Trinajstić information content (AvgIpc) is 3.13. The molecule has 1 N–H and O–H groups in total. The van der Waals surface area contributed by atoms with Gasteiger partial charge in [-0.2, -0.15) is 4.68 Å². The molecule has 9 heteroatoms. The van der Waals surface area contributed by atoms with Crippen LogP contribution in [0.25, 0.3) is 5.69 Å². The minimum atomic E-state index is 0.535. The highest BCUT2D eigenvalue weighted by Gasteiger charge is 2.08. The van der Waals surface area contributed by atoms with Gasteiger partial charge in [-0.05, 0) is 23.4 Å². The summed E-state index contributed by atoms with van der Waals surface area (Å²) in [6, 6.07) is 5.73. The summed E-state index contributed by atoms with van der Waals surface area (Å²) in [6.07, 6.45) is 1.76. The molecular weight excluding hydrogens is 324 g/mol. The maximum atomic E-state index is 5.83. The molecule has 0 fully saturated rings. The van der Waals surface area contributed by atoms with Gasteiger partial charge in [0.05, 0.1) is 19.3 Å².